The zero-order valence-corrected chi connectivity index (χ0v) is 18.4. The second-order valence-electron chi connectivity index (χ2n) is 7.75. The van der Waals surface area contributed by atoms with Crippen LogP contribution in [0.2, 0.25) is 0 Å². The van der Waals surface area contributed by atoms with Gasteiger partial charge in [0.2, 0.25) is 0 Å². The maximum Gasteiger partial charge on any atom is 0.257 e. The summed E-state index contributed by atoms with van der Waals surface area (Å²) in [5.74, 6) is -0.466. The summed E-state index contributed by atoms with van der Waals surface area (Å²) in [6.07, 6.45) is 0. The molecule has 3 rings (SSSR count). The lowest BCUT2D eigenvalue weighted by Crippen LogP contribution is -2.38. The van der Waals surface area contributed by atoms with Crippen LogP contribution in [-0.4, -0.2) is 30.0 Å². The number of rotatable bonds is 7. The number of aromatic hydroxyl groups is 1. The first-order chi connectivity index (χ1) is 14.1. The largest absolute Gasteiger partial charge is 0.505 e. The number of carbonyl (C=O) groups is 1. The molecule has 0 fully saturated rings. The molecule has 1 amide bonds. The third-order valence-corrected chi connectivity index (χ3v) is 5.96. The molecule has 3 aromatic rings. The lowest BCUT2D eigenvalue weighted by molar-refractivity contribution is 0.0824. The number of para-hydroxylation sites is 1. The van der Waals surface area contributed by atoms with Crippen molar-refractivity contribution in [3.63, 3.8) is 0 Å². The van der Waals surface area contributed by atoms with Gasteiger partial charge in [-0.2, -0.15) is 0 Å². The summed E-state index contributed by atoms with van der Waals surface area (Å²) in [7, 11) is 3.16. The topological polar surface area (TPSA) is 98.7 Å². The van der Waals surface area contributed by atoms with Gasteiger partial charge in [-0.1, -0.05) is 19.9 Å². The Kier molecular flexibility index (Phi) is 5.98. The predicted molar refractivity (Wildman–Crippen MR) is 121 cm³/mol. The van der Waals surface area contributed by atoms with E-state index in [1.54, 1.807) is 37.6 Å². The molecule has 0 spiro atoms. The molecular formula is C22H25N3O4S. The van der Waals surface area contributed by atoms with Gasteiger partial charge in [0.15, 0.2) is 5.75 Å². The van der Waals surface area contributed by atoms with Gasteiger partial charge in [-0.25, -0.2) is 0 Å². The third kappa shape index (κ3) is 3.95. The molecule has 0 aliphatic heterocycles. The number of benzene rings is 1. The van der Waals surface area contributed by atoms with E-state index in [1.807, 2.05) is 32.9 Å². The summed E-state index contributed by atoms with van der Waals surface area (Å²) in [6.45, 7) is 6.08. The van der Waals surface area contributed by atoms with Crippen molar-refractivity contribution >= 4 is 34.3 Å². The molecule has 0 saturated heterocycles. The first-order valence-corrected chi connectivity index (χ1v) is 10.4. The van der Waals surface area contributed by atoms with E-state index in [-0.39, 0.29) is 46.2 Å². The van der Waals surface area contributed by atoms with E-state index in [1.165, 1.54) is 11.0 Å². The molecule has 0 radical (unpaired) electrons. The first-order valence-electron chi connectivity index (χ1n) is 9.58. The predicted octanol–water partition coefficient (Wildman–Crippen LogP) is 3.61. The molecule has 1 heterocycles. The molecule has 158 valence electrons. The van der Waals surface area contributed by atoms with Gasteiger partial charge in [0.1, 0.15) is 11.4 Å². The molecule has 1 aromatic heterocycles. The van der Waals surface area contributed by atoms with Gasteiger partial charge < -0.3 is 20.6 Å². The van der Waals surface area contributed by atoms with E-state index in [2.05, 4.69) is 10.6 Å². The van der Waals surface area contributed by atoms with Crippen molar-refractivity contribution < 1.29 is 9.90 Å². The maximum absolute atomic E-state index is 12.3. The Hall–Kier alpha value is -3.13. The molecule has 0 unspecified atom stereocenters. The fraction of sp³-hybridized carbons (Fsp3) is 0.318. The van der Waals surface area contributed by atoms with Crippen LogP contribution in [0.5, 0.6) is 5.75 Å². The van der Waals surface area contributed by atoms with Crippen molar-refractivity contribution in [1.82, 2.24) is 4.90 Å². The Morgan fingerprint density at radius 2 is 1.73 bits per heavy atom. The Labute approximate surface area is 178 Å². The lowest BCUT2D eigenvalue weighted by atomic mass is 10.0. The van der Waals surface area contributed by atoms with E-state index >= 15 is 0 Å². The van der Waals surface area contributed by atoms with E-state index in [0.29, 0.717) is 0 Å². The normalized spacial score (nSPS) is 12.2. The van der Waals surface area contributed by atoms with Gasteiger partial charge in [0, 0.05) is 23.8 Å². The van der Waals surface area contributed by atoms with Crippen LogP contribution in [0.25, 0.3) is 0 Å². The van der Waals surface area contributed by atoms with Crippen molar-refractivity contribution in [3.05, 3.63) is 66.1 Å². The highest BCUT2D eigenvalue weighted by molar-refractivity contribution is 7.12. The van der Waals surface area contributed by atoms with Gasteiger partial charge in [-0.05, 0) is 37.1 Å². The Bertz CT molecular complexity index is 1160. The molecule has 30 heavy (non-hydrogen) atoms. The summed E-state index contributed by atoms with van der Waals surface area (Å²) >= 11 is 1.63. The highest BCUT2D eigenvalue weighted by Gasteiger charge is 2.27. The van der Waals surface area contributed by atoms with E-state index in [9.17, 15) is 19.5 Å². The van der Waals surface area contributed by atoms with Gasteiger partial charge in [0.05, 0.1) is 17.3 Å². The minimum atomic E-state index is -0.661. The standard InChI is InChI=1S/C22H25N3O4S/c1-11(2)16(15-10-9-12(3)30-15)24-18-17(20(27)21(18)28)23-14-8-6-7-13(19(14)26)22(29)25(4)5/h6-11,16,23-24,26H,1-5H3/t16-/m1/s1. The average molecular weight is 428 g/mol. The van der Waals surface area contributed by atoms with Crippen molar-refractivity contribution in [2.45, 2.75) is 26.8 Å². The van der Waals surface area contributed by atoms with E-state index < -0.39 is 10.9 Å². The van der Waals surface area contributed by atoms with Crippen LogP contribution < -0.4 is 21.5 Å². The monoisotopic (exact) mass is 427 g/mol. The van der Waals surface area contributed by atoms with Gasteiger partial charge in [-0.3, -0.25) is 14.4 Å². The molecule has 2 aromatic carbocycles. The van der Waals surface area contributed by atoms with Crippen LogP contribution in [0.1, 0.15) is 40.0 Å². The van der Waals surface area contributed by atoms with Crippen molar-refractivity contribution in [3.8, 4) is 5.75 Å². The number of nitrogens with one attached hydrogen (secondary N) is 2. The van der Waals surface area contributed by atoms with Crippen LogP contribution in [0.3, 0.4) is 0 Å². The molecule has 7 nitrogen and oxygen atoms in total. The molecule has 3 N–H and O–H groups in total. The zero-order chi connectivity index (χ0) is 22.2. The minimum absolute atomic E-state index is 0.0867. The van der Waals surface area contributed by atoms with Gasteiger partial charge in [0.25, 0.3) is 16.8 Å². The number of hydrogen-bond donors (Lipinski definition) is 3. The lowest BCUT2D eigenvalue weighted by Gasteiger charge is -2.25. The molecule has 1 atom stereocenters. The summed E-state index contributed by atoms with van der Waals surface area (Å²) in [4.78, 5) is 40.3. The zero-order valence-electron chi connectivity index (χ0n) is 17.6. The smallest absolute Gasteiger partial charge is 0.257 e. The number of nitrogens with zero attached hydrogens (tertiary/aromatic N) is 1. The first kappa shape index (κ1) is 21.6. The molecule has 0 aliphatic carbocycles. The number of phenolic OH excluding ortho intramolecular Hbond substituents is 1. The molecule has 0 bridgehead atoms. The number of anilines is 3. The molecule has 8 heteroatoms. The Balaban J connectivity index is 1.93. The van der Waals surface area contributed by atoms with Crippen LogP contribution in [0.4, 0.5) is 17.1 Å². The van der Waals surface area contributed by atoms with Crippen molar-refractivity contribution in [2.75, 3.05) is 24.7 Å². The number of phenols is 1. The fourth-order valence-electron chi connectivity index (χ4n) is 3.18. The molecular weight excluding hydrogens is 402 g/mol. The van der Waals surface area contributed by atoms with Crippen molar-refractivity contribution in [1.29, 1.82) is 0 Å². The summed E-state index contributed by atoms with van der Waals surface area (Å²) < 4.78 is 0. The minimum Gasteiger partial charge on any atom is -0.505 e. The molecule has 0 aliphatic rings. The van der Waals surface area contributed by atoms with Crippen LogP contribution >= 0.6 is 11.3 Å². The van der Waals surface area contributed by atoms with Crippen LogP contribution in [0.15, 0.2) is 39.9 Å². The fourth-order valence-corrected chi connectivity index (χ4v) is 4.29. The number of amides is 1. The molecule has 0 saturated carbocycles. The second-order valence-corrected chi connectivity index (χ2v) is 9.07. The summed E-state index contributed by atoms with van der Waals surface area (Å²) in [6, 6.07) is 8.54. The average Bonchev–Trinajstić information content (AvgIpc) is 3.13. The van der Waals surface area contributed by atoms with Gasteiger partial charge in [-0.15, -0.1) is 11.3 Å². The summed E-state index contributed by atoms with van der Waals surface area (Å²) in [5.41, 5.74) is -0.696. The van der Waals surface area contributed by atoms with Crippen LogP contribution in [0, 0.1) is 12.8 Å². The number of hydrogen-bond acceptors (Lipinski definition) is 7. The summed E-state index contributed by atoms with van der Waals surface area (Å²) in [5, 5.41) is 16.6. The highest BCUT2D eigenvalue weighted by atomic mass is 32.1. The van der Waals surface area contributed by atoms with Crippen LogP contribution in [-0.2, 0) is 0 Å². The maximum atomic E-state index is 12.3. The highest BCUT2D eigenvalue weighted by Crippen LogP contribution is 2.35. The third-order valence-electron chi connectivity index (χ3n) is 4.88. The number of aryl methyl sites for hydroxylation is 1. The Morgan fingerprint density at radius 3 is 2.30 bits per heavy atom. The number of carbonyl (C=O) groups excluding carboxylic acids is 1. The second kappa shape index (κ2) is 8.31. The van der Waals surface area contributed by atoms with E-state index in [0.717, 1.165) is 9.75 Å². The van der Waals surface area contributed by atoms with E-state index in [4.69, 9.17) is 0 Å². The quantitative estimate of drug-likeness (QED) is 0.394. The van der Waals surface area contributed by atoms with Crippen molar-refractivity contribution in [2.24, 2.45) is 5.92 Å². The number of thiophene rings is 1. The van der Waals surface area contributed by atoms with Gasteiger partial charge >= 0.3 is 0 Å². The SMILES string of the molecule is Cc1ccc([C@H](Nc2c(Nc3cccc(C(=O)N(C)C)c3O)c(=O)c2=O)C(C)C)s1. The Morgan fingerprint density at radius 1 is 1.07 bits per heavy atom.